The lowest BCUT2D eigenvalue weighted by atomic mass is 10.2. The zero-order valence-electron chi connectivity index (χ0n) is 8.67. The van der Waals surface area contributed by atoms with Gasteiger partial charge in [-0.1, -0.05) is 25.1 Å². The van der Waals surface area contributed by atoms with Gasteiger partial charge in [-0.25, -0.2) is 4.68 Å². The van der Waals surface area contributed by atoms with Crippen molar-refractivity contribution in [2.45, 2.75) is 19.4 Å². The van der Waals surface area contributed by atoms with Crippen LogP contribution in [-0.2, 0) is 0 Å². The molecule has 0 amide bonds. The fraction of sp³-hybridized carbons (Fsp3) is 0.250. The summed E-state index contributed by atoms with van der Waals surface area (Å²) < 4.78 is 1.77. The van der Waals surface area contributed by atoms with Crippen LogP contribution in [-0.4, -0.2) is 14.9 Å². The van der Waals surface area contributed by atoms with Crippen molar-refractivity contribution in [3.63, 3.8) is 0 Å². The highest BCUT2D eigenvalue weighted by Crippen LogP contribution is 2.16. The van der Waals surface area contributed by atoms with Crippen LogP contribution in [0.3, 0.4) is 0 Å². The van der Waals surface area contributed by atoms with Gasteiger partial charge < -0.3 is 5.11 Å². The second-order valence-corrected chi connectivity index (χ2v) is 3.48. The Labute approximate surface area is 89.0 Å². The second kappa shape index (κ2) is 4.28. The first-order valence-corrected chi connectivity index (χ1v) is 5.09. The van der Waals surface area contributed by atoms with E-state index in [1.54, 1.807) is 10.9 Å². The van der Waals surface area contributed by atoms with Gasteiger partial charge in [0.1, 0.15) is 0 Å². The van der Waals surface area contributed by atoms with Crippen LogP contribution in [0.2, 0.25) is 0 Å². The van der Waals surface area contributed by atoms with Crippen molar-refractivity contribution < 1.29 is 5.11 Å². The summed E-state index contributed by atoms with van der Waals surface area (Å²) in [6, 6.07) is 9.86. The van der Waals surface area contributed by atoms with E-state index < -0.39 is 6.10 Å². The molecule has 2 rings (SSSR count). The first-order valence-electron chi connectivity index (χ1n) is 5.09. The van der Waals surface area contributed by atoms with Gasteiger partial charge in [0, 0.05) is 11.8 Å². The van der Waals surface area contributed by atoms with E-state index in [9.17, 15) is 5.11 Å². The highest BCUT2D eigenvalue weighted by Gasteiger charge is 2.07. The van der Waals surface area contributed by atoms with E-state index in [-0.39, 0.29) is 0 Å². The SMILES string of the molecule is CC[C@@H](O)c1cnn(-c2ccccc2)c1. The first kappa shape index (κ1) is 9.93. The van der Waals surface area contributed by atoms with E-state index in [0.29, 0.717) is 6.42 Å². The normalized spacial score (nSPS) is 12.7. The van der Waals surface area contributed by atoms with E-state index in [1.165, 1.54) is 0 Å². The zero-order chi connectivity index (χ0) is 10.7. The van der Waals surface area contributed by atoms with Crippen molar-refractivity contribution in [1.82, 2.24) is 9.78 Å². The standard InChI is InChI=1S/C12H14N2O/c1-2-12(15)10-8-13-14(9-10)11-6-4-3-5-7-11/h3-9,12,15H,2H2,1H3/t12-/m1/s1. The summed E-state index contributed by atoms with van der Waals surface area (Å²) in [6.07, 6.45) is 3.87. The molecular weight excluding hydrogens is 188 g/mol. The lowest BCUT2D eigenvalue weighted by Crippen LogP contribution is -1.94. The van der Waals surface area contributed by atoms with Crippen LogP contribution >= 0.6 is 0 Å². The molecule has 78 valence electrons. The molecule has 15 heavy (non-hydrogen) atoms. The molecule has 0 aliphatic rings. The molecule has 3 nitrogen and oxygen atoms in total. The lowest BCUT2D eigenvalue weighted by molar-refractivity contribution is 0.173. The van der Waals surface area contributed by atoms with Crippen molar-refractivity contribution >= 4 is 0 Å². The fourth-order valence-electron chi connectivity index (χ4n) is 1.47. The molecular formula is C12H14N2O. The lowest BCUT2D eigenvalue weighted by Gasteiger charge is -2.03. The quantitative estimate of drug-likeness (QED) is 0.829. The molecule has 0 bridgehead atoms. The maximum Gasteiger partial charge on any atom is 0.0818 e. The van der Waals surface area contributed by atoms with Crippen LogP contribution in [0.15, 0.2) is 42.7 Å². The number of rotatable bonds is 3. The Hall–Kier alpha value is -1.61. The summed E-state index contributed by atoms with van der Waals surface area (Å²) in [5.74, 6) is 0. The molecule has 1 heterocycles. The minimum absolute atomic E-state index is 0.414. The Morgan fingerprint density at radius 2 is 2.07 bits per heavy atom. The van der Waals surface area contributed by atoms with Gasteiger partial charge in [-0.2, -0.15) is 5.10 Å². The van der Waals surface area contributed by atoms with Gasteiger partial charge in [0.15, 0.2) is 0 Å². The molecule has 0 fully saturated rings. The van der Waals surface area contributed by atoms with Crippen LogP contribution in [0.1, 0.15) is 25.0 Å². The van der Waals surface area contributed by atoms with E-state index >= 15 is 0 Å². The number of hydrogen-bond donors (Lipinski definition) is 1. The molecule has 0 saturated carbocycles. The van der Waals surface area contributed by atoms with Gasteiger partial charge in [-0.05, 0) is 18.6 Å². The van der Waals surface area contributed by atoms with Crippen LogP contribution < -0.4 is 0 Å². The molecule has 1 atom stereocenters. The number of nitrogens with zero attached hydrogens (tertiary/aromatic N) is 2. The highest BCUT2D eigenvalue weighted by molar-refractivity contribution is 5.31. The van der Waals surface area contributed by atoms with Crippen molar-refractivity contribution in [2.75, 3.05) is 0 Å². The molecule has 0 aliphatic carbocycles. The Morgan fingerprint density at radius 3 is 2.73 bits per heavy atom. The molecule has 3 heteroatoms. The molecule has 1 aromatic heterocycles. The molecule has 0 radical (unpaired) electrons. The molecule has 0 unspecified atom stereocenters. The minimum atomic E-state index is -0.414. The Bertz CT molecular complexity index is 422. The number of benzene rings is 1. The zero-order valence-corrected chi connectivity index (χ0v) is 8.67. The van der Waals surface area contributed by atoms with Gasteiger partial charge in [0.05, 0.1) is 18.0 Å². The van der Waals surface area contributed by atoms with E-state index in [1.807, 2.05) is 43.5 Å². The van der Waals surface area contributed by atoms with Gasteiger partial charge in [-0.15, -0.1) is 0 Å². The maximum atomic E-state index is 9.64. The van der Waals surface area contributed by atoms with Gasteiger partial charge >= 0.3 is 0 Å². The highest BCUT2D eigenvalue weighted by atomic mass is 16.3. The monoisotopic (exact) mass is 202 g/mol. The van der Waals surface area contributed by atoms with Crippen molar-refractivity contribution in [1.29, 1.82) is 0 Å². The summed E-state index contributed by atoms with van der Waals surface area (Å²) in [5.41, 5.74) is 1.87. The molecule has 0 aliphatic heterocycles. The maximum absolute atomic E-state index is 9.64. The van der Waals surface area contributed by atoms with Crippen molar-refractivity contribution in [3.05, 3.63) is 48.3 Å². The molecule has 0 saturated heterocycles. The predicted molar refractivity (Wildman–Crippen MR) is 58.8 cm³/mol. The smallest absolute Gasteiger partial charge is 0.0818 e. The number of hydrogen-bond acceptors (Lipinski definition) is 2. The van der Waals surface area contributed by atoms with Gasteiger partial charge in [0.2, 0.25) is 0 Å². The summed E-state index contributed by atoms with van der Waals surface area (Å²) >= 11 is 0. The Kier molecular flexibility index (Phi) is 2.83. The third-order valence-corrected chi connectivity index (χ3v) is 2.39. The fourth-order valence-corrected chi connectivity index (χ4v) is 1.47. The van der Waals surface area contributed by atoms with E-state index in [0.717, 1.165) is 11.3 Å². The van der Waals surface area contributed by atoms with Crippen LogP contribution in [0.4, 0.5) is 0 Å². The number of para-hydroxylation sites is 1. The Morgan fingerprint density at radius 1 is 1.33 bits per heavy atom. The summed E-state index contributed by atoms with van der Waals surface area (Å²) in [7, 11) is 0. The average molecular weight is 202 g/mol. The largest absolute Gasteiger partial charge is 0.388 e. The average Bonchev–Trinajstić information content (AvgIpc) is 2.78. The summed E-state index contributed by atoms with van der Waals surface area (Å²) in [4.78, 5) is 0. The summed E-state index contributed by atoms with van der Waals surface area (Å²) in [5, 5.41) is 13.8. The van der Waals surface area contributed by atoms with Crippen molar-refractivity contribution in [3.8, 4) is 5.69 Å². The van der Waals surface area contributed by atoms with Crippen LogP contribution in [0, 0.1) is 0 Å². The van der Waals surface area contributed by atoms with E-state index in [2.05, 4.69) is 5.10 Å². The number of aliphatic hydroxyl groups is 1. The van der Waals surface area contributed by atoms with Gasteiger partial charge in [0.25, 0.3) is 0 Å². The third kappa shape index (κ3) is 2.07. The topological polar surface area (TPSA) is 38.1 Å². The predicted octanol–water partition coefficient (Wildman–Crippen LogP) is 2.32. The van der Waals surface area contributed by atoms with E-state index in [4.69, 9.17) is 0 Å². The second-order valence-electron chi connectivity index (χ2n) is 3.48. The van der Waals surface area contributed by atoms with Crippen LogP contribution in [0.25, 0.3) is 5.69 Å². The number of aliphatic hydroxyl groups excluding tert-OH is 1. The van der Waals surface area contributed by atoms with Crippen LogP contribution in [0.5, 0.6) is 0 Å². The molecule has 0 spiro atoms. The summed E-state index contributed by atoms with van der Waals surface area (Å²) in [6.45, 7) is 1.95. The molecule has 1 N–H and O–H groups in total. The van der Waals surface area contributed by atoms with Gasteiger partial charge in [-0.3, -0.25) is 0 Å². The first-order chi connectivity index (χ1) is 7.31. The molecule has 1 aromatic carbocycles. The third-order valence-electron chi connectivity index (χ3n) is 2.39. The number of aromatic nitrogens is 2. The Balaban J connectivity index is 2.28. The van der Waals surface area contributed by atoms with Crippen molar-refractivity contribution in [2.24, 2.45) is 0 Å². The minimum Gasteiger partial charge on any atom is -0.388 e. The molecule has 2 aromatic rings.